The van der Waals surface area contributed by atoms with E-state index in [9.17, 15) is 9.00 Å². The van der Waals surface area contributed by atoms with Crippen LogP contribution in [-0.2, 0) is 30.6 Å². The Balaban J connectivity index is 0.000000225. The molecular weight excluding hydrogens is 556 g/mol. The Morgan fingerprint density at radius 1 is 0.881 bits per heavy atom. The number of rotatable bonds is 7. The summed E-state index contributed by atoms with van der Waals surface area (Å²) in [6.07, 6.45) is 5.52. The highest BCUT2D eigenvalue weighted by atomic mass is 32.2. The Labute approximate surface area is 246 Å². The van der Waals surface area contributed by atoms with Gasteiger partial charge in [-0.2, -0.15) is 35.5 Å². The molecule has 0 aliphatic heterocycles. The number of aromatic nitrogens is 8. The zero-order chi connectivity index (χ0) is 31.3. The SMILES string of the molecule is Cc1cc(-c2cnc[nH]2)n(CC#N)n1.Cc1cc(C=NS(=O)C(C)(C)C)n(CC#N)n1.Cc1cc(C=O)n(CC#N)n1. The van der Waals surface area contributed by atoms with E-state index >= 15 is 0 Å². The van der Waals surface area contributed by atoms with Gasteiger partial charge in [0.1, 0.15) is 36.3 Å². The fourth-order valence-electron chi connectivity index (χ4n) is 3.32. The van der Waals surface area contributed by atoms with Crippen LogP contribution >= 0.6 is 0 Å². The van der Waals surface area contributed by atoms with Crippen molar-refractivity contribution in [2.45, 2.75) is 65.9 Å². The second-order valence-electron chi connectivity index (χ2n) is 9.72. The molecule has 1 atom stereocenters. The third-order valence-corrected chi connectivity index (χ3v) is 6.47. The molecule has 0 fully saturated rings. The molecule has 4 rings (SSSR count). The lowest BCUT2D eigenvalue weighted by atomic mass is 10.3. The van der Waals surface area contributed by atoms with Gasteiger partial charge in [0.05, 0.1) is 75.9 Å². The van der Waals surface area contributed by atoms with Crippen LogP contribution in [0, 0.1) is 54.8 Å². The Bertz CT molecular complexity index is 1650. The van der Waals surface area contributed by atoms with E-state index in [2.05, 4.69) is 35.7 Å². The zero-order valence-corrected chi connectivity index (χ0v) is 25.1. The van der Waals surface area contributed by atoms with Gasteiger partial charge in [0.15, 0.2) is 6.29 Å². The van der Waals surface area contributed by atoms with Gasteiger partial charge in [0.25, 0.3) is 0 Å². The first-order valence-corrected chi connectivity index (χ1v) is 13.7. The maximum Gasteiger partial charge on any atom is 0.168 e. The number of carbonyl (C=O) groups is 1. The van der Waals surface area contributed by atoms with E-state index in [1.54, 1.807) is 40.9 Å². The average Bonchev–Trinajstić information content (AvgIpc) is 3.72. The largest absolute Gasteiger partial charge is 0.343 e. The van der Waals surface area contributed by atoms with Gasteiger partial charge >= 0.3 is 0 Å². The molecule has 0 amide bonds. The summed E-state index contributed by atoms with van der Waals surface area (Å²) in [7, 11) is -1.30. The van der Waals surface area contributed by atoms with E-state index in [4.69, 9.17) is 15.8 Å². The summed E-state index contributed by atoms with van der Waals surface area (Å²) >= 11 is 0. The van der Waals surface area contributed by atoms with E-state index in [0.717, 1.165) is 28.5 Å². The molecule has 4 aromatic heterocycles. The van der Waals surface area contributed by atoms with Crippen LogP contribution in [-0.4, -0.2) is 60.8 Å². The van der Waals surface area contributed by atoms with E-state index < -0.39 is 11.0 Å². The third-order valence-electron chi connectivity index (χ3n) is 5.13. The first-order valence-electron chi connectivity index (χ1n) is 12.6. The maximum absolute atomic E-state index is 11.7. The number of aromatic amines is 1. The number of hydrogen-bond donors (Lipinski definition) is 1. The number of aldehydes is 1. The smallest absolute Gasteiger partial charge is 0.168 e. The lowest BCUT2D eigenvalue weighted by molar-refractivity contribution is 0.111. The standard InChI is InChI=1S/C11H16N4OS.C9H9N5.C7H7N3O/c1-9-7-10(15(14-9)6-5-12)8-13-17(16)11(2,3)4;1-7-4-9(8-5-11-6-12-8)14(13-7)3-2-10;1-6-4-7(5-11)10(9-6)3-2-8/h7-8H,6H2,1-4H3;4-6H,3H2,1H3,(H,11,12);4-5H,3H2,1H3. The van der Waals surface area contributed by atoms with Gasteiger partial charge < -0.3 is 4.98 Å². The summed E-state index contributed by atoms with van der Waals surface area (Å²) in [5.41, 5.74) is 5.36. The molecule has 14 nitrogen and oxygen atoms in total. The maximum atomic E-state index is 11.7. The lowest BCUT2D eigenvalue weighted by Crippen LogP contribution is -2.19. The molecule has 15 heteroatoms. The van der Waals surface area contributed by atoms with Gasteiger partial charge in [-0.05, 0) is 59.7 Å². The number of H-pyrrole nitrogens is 1. The quantitative estimate of drug-likeness (QED) is 0.248. The van der Waals surface area contributed by atoms with Gasteiger partial charge in [-0.1, -0.05) is 0 Å². The van der Waals surface area contributed by atoms with Crippen molar-refractivity contribution in [2.24, 2.45) is 4.40 Å². The number of nitriles is 3. The number of hydrogen-bond acceptors (Lipinski definition) is 9. The molecule has 0 radical (unpaired) electrons. The van der Waals surface area contributed by atoms with Gasteiger partial charge in [-0.15, -0.1) is 0 Å². The van der Waals surface area contributed by atoms with Gasteiger partial charge in [-0.3, -0.25) is 4.79 Å². The highest BCUT2D eigenvalue weighted by Gasteiger charge is 2.18. The fraction of sp³-hybridized carbons (Fsp3) is 0.370. The molecule has 1 unspecified atom stereocenters. The summed E-state index contributed by atoms with van der Waals surface area (Å²) in [5.74, 6) is 0. The van der Waals surface area contributed by atoms with Crippen molar-refractivity contribution in [3.8, 4) is 29.6 Å². The summed E-state index contributed by atoms with van der Waals surface area (Å²) in [6, 6.07) is 11.4. The Morgan fingerprint density at radius 2 is 1.38 bits per heavy atom. The van der Waals surface area contributed by atoms with E-state index in [-0.39, 0.29) is 24.4 Å². The van der Waals surface area contributed by atoms with Crippen LogP contribution in [0.15, 0.2) is 35.1 Å². The van der Waals surface area contributed by atoms with Crippen LogP contribution in [0.1, 0.15) is 54.0 Å². The van der Waals surface area contributed by atoms with Crippen molar-refractivity contribution in [1.82, 2.24) is 39.3 Å². The van der Waals surface area contributed by atoms with Crippen LogP contribution in [0.4, 0.5) is 0 Å². The number of aryl methyl sites for hydroxylation is 3. The minimum atomic E-state index is -1.30. The molecule has 218 valence electrons. The van der Waals surface area contributed by atoms with Gasteiger partial charge in [0.2, 0.25) is 0 Å². The van der Waals surface area contributed by atoms with Crippen LogP contribution in [0.2, 0.25) is 0 Å². The second-order valence-corrected chi connectivity index (χ2v) is 11.7. The van der Waals surface area contributed by atoms with Gasteiger partial charge in [-0.25, -0.2) is 23.2 Å². The molecule has 0 aromatic carbocycles. The molecule has 4 heterocycles. The van der Waals surface area contributed by atoms with E-state index in [0.29, 0.717) is 17.7 Å². The third kappa shape index (κ3) is 9.77. The fourth-order valence-corrected chi connectivity index (χ4v) is 3.84. The number of nitrogens with one attached hydrogen (secondary N) is 1. The predicted octanol–water partition coefficient (Wildman–Crippen LogP) is 3.23. The molecule has 1 N–H and O–H groups in total. The normalized spacial score (nSPS) is 11.3. The summed E-state index contributed by atoms with van der Waals surface area (Å²) in [5, 5.41) is 37.9. The van der Waals surface area contributed by atoms with Crippen LogP contribution in [0.25, 0.3) is 11.4 Å². The average molecular weight is 589 g/mol. The first-order chi connectivity index (χ1) is 19.9. The minimum absolute atomic E-state index is 0.127. The highest BCUT2D eigenvalue weighted by molar-refractivity contribution is 7.85. The molecule has 0 bridgehead atoms. The van der Waals surface area contributed by atoms with Crippen molar-refractivity contribution < 1.29 is 9.00 Å². The van der Waals surface area contributed by atoms with Crippen molar-refractivity contribution >= 4 is 23.5 Å². The van der Waals surface area contributed by atoms with Crippen molar-refractivity contribution in [1.29, 1.82) is 15.8 Å². The second kappa shape index (κ2) is 15.6. The molecule has 4 aromatic rings. The van der Waals surface area contributed by atoms with Gasteiger partial charge in [0, 0.05) is 0 Å². The topological polar surface area (TPSA) is 200 Å². The Hall–Kier alpha value is -5.20. The number of nitrogens with zero attached hydrogens (tertiary/aromatic N) is 11. The first kappa shape index (κ1) is 33.0. The Morgan fingerprint density at radius 3 is 1.88 bits per heavy atom. The van der Waals surface area contributed by atoms with Crippen molar-refractivity contribution in [3.63, 3.8) is 0 Å². The van der Waals surface area contributed by atoms with Crippen molar-refractivity contribution in [2.75, 3.05) is 0 Å². The van der Waals surface area contributed by atoms with E-state index in [1.165, 1.54) is 10.9 Å². The molecule has 0 spiro atoms. The lowest BCUT2D eigenvalue weighted by Gasteiger charge is -2.12. The van der Waals surface area contributed by atoms with Crippen LogP contribution in [0.5, 0.6) is 0 Å². The minimum Gasteiger partial charge on any atom is -0.343 e. The monoisotopic (exact) mass is 588 g/mol. The Kier molecular flexibility index (Phi) is 12.2. The van der Waals surface area contributed by atoms with Crippen LogP contribution in [0.3, 0.4) is 0 Å². The van der Waals surface area contributed by atoms with Crippen LogP contribution < -0.4 is 0 Å². The zero-order valence-electron chi connectivity index (χ0n) is 24.3. The molecule has 0 aliphatic rings. The predicted molar refractivity (Wildman–Crippen MR) is 156 cm³/mol. The highest BCUT2D eigenvalue weighted by Crippen LogP contribution is 2.17. The summed E-state index contributed by atoms with van der Waals surface area (Å²) < 4.78 is 19.9. The molecule has 0 aliphatic carbocycles. The number of carbonyl (C=O) groups excluding carboxylic acids is 1. The van der Waals surface area contributed by atoms with Crippen molar-refractivity contribution in [3.05, 3.63) is 59.2 Å². The molecule has 0 saturated heterocycles. The summed E-state index contributed by atoms with van der Waals surface area (Å²) in [6.45, 7) is 11.6. The van der Waals surface area contributed by atoms with E-state index in [1.807, 2.05) is 52.8 Å². The molecule has 0 saturated carbocycles. The molecular formula is C27H32N12O2S. The number of imidazole rings is 1. The molecule has 42 heavy (non-hydrogen) atoms. The summed E-state index contributed by atoms with van der Waals surface area (Å²) in [4.78, 5) is 17.3.